The van der Waals surface area contributed by atoms with Crippen LogP contribution >= 0.6 is 11.6 Å². The van der Waals surface area contributed by atoms with Crippen molar-refractivity contribution in [2.75, 3.05) is 5.32 Å². The van der Waals surface area contributed by atoms with Crippen molar-refractivity contribution in [2.24, 2.45) is 5.73 Å². The number of aromatic nitrogens is 2. The van der Waals surface area contributed by atoms with E-state index in [-0.39, 0.29) is 11.4 Å². The number of carbonyl (C=O) groups is 2. The van der Waals surface area contributed by atoms with Gasteiger partial charge < -0.3 is 10.3 Å². The number of pyridine rings is 1. The van der Waals surface area contributed by atoms with Crippen molar-refractivity contribution in [3.8, 4) is 22.4 Å². The van der Waals surface area contributed by atoms with E-state index < -0.39 is 11.8 Å². The summed E-state index contributed by atoms with van der Waals surface area (Å²) in [6.07, 6.45) is 3.22. The summed E-state index contributed by atoms with van der Waals surface area (Å²) in [7, 11) is 0. The molecule has 4 rings (SSSR count). The van der Waals surface area contributed by atoms with Crippen LogP contribution in [0.3, 0.4) is 0 Å². The summed E-state index contributed by atoms with van der Waals surface area (Å²) < 4.78 is 5.47. The summed E-state index contributed by atoms with van der Waals surface area (Å²) in [5.41, 5.74) is 8.24. The Morgan fingerprint density at radius 1 is 1.00 bits per heavy atom. The molecule has 0 aliphatic rings. The van der Waals surface area contributed by atoms with Crippen molar-refractivity contribution in [2.45, 2.75) is 0 Å². The molecule has 2 heterocycles. The summed E-state index contributed by atoms with van der Waals surface area (Å²) in [4.78, 5) is 28.8. The Bertz CT molecular complexity index is 1240. The number of amides is 2. The van der Waals surface area contributed by atoms with Gasteiger partial charge in [0.05, 0.1) is 5.56 Å². The summed E-state index contributed by atoms with van der Waals surface area (Å²) in [6, 6.07) is 16.8. The van der Waals surface area contributed by atoms with Gasteiger partial charge in [-0.15, -0.1) is 0 Å². The molecule has 0 atom stereocenters. The number of benzene rings is 2. The van der Waals surface area contributed by atoms with Crippen LogP contribution in [-0.2, 0) is 0 Å². The Hall–Kier alpha value is -3.97. The minimum absolute atomic E-state index is 0.0838. The number of nitrogens with two attached hydrogens (primary N) is 1. The molecule has 8 heteroatoms. The highest BCUT2D eigenvalue weighted by Gasteiger charge is 2.24. The summed E-state index contributed by atoms with van der Waals surface area (Å²) in [6.45, 7) is 0. The largest absolute Gasteiger partial charge is 0.366 e. The Morgan fingerprint density at radius 3 is 2.50 bits per heavy atom. The van der Waals surface area contributed by atoms with Crippen LogP contribution in [0.5, 0.6) is 0 Å². The van der Waals surface area contributed by atoms with E-state index in [0.717, 1.165) is 0 Å². The van der Waals surface area contributed by atoms with E-state index in [1.165, 1.54) is 6.07 Å². The number of nitrogens with one attached hydrogen (secondary N) is 1. The van der Waals surface area contributed by atoms with Crippen LogP contribution in [0.15, 0.2) is 77.6 Å². The molecular formula is C22H15ClN4O3. The van der Waals surface area contributed by atoms with Crippen molar-refractivity contribution < 1.29 is 14.1 Å². The first kappa shape index (κ1) is 19.4. The predicted octanol–water partition coefficient (Wildman–Crippen LogP) is 4.41. The zero-order valence-corrected chi connectivity index (χ0v) is 16.3. The minimum atomic E-state index is -0.611. The van der Waals surface area contributed by atoms with Gasteiger partial charge in [0.2, 0.25) is 11.8 Å². The lowest BCUT2D eigenvalue weighted by molar-refractivity contribution is 0.0998. The standard InChI is InChI=1S/C22H15ClN4O3/c23-15-5-3-4-14(12-15)21(29)26-22-18(16-6-1-2-7-17(16)20(24)28)19(27-30-22)13-8-10-25-11-9-13/h1-12H,(H2,24,28)(H,26,29). The molecular weight excluding hydrogens is 404 g/mol. The molecule has 0 saturated heterocycles. The Balaban J connectivity index is 1.85. The van der Waals surface area contributed by atoms with E-state index >= 15 is 0 Å². The fourth-order valence-corrected chi connectivity index (χ4v) is 3.24. The number of halogens is 1. The van der Waals surface area contributed by atoms with Gasteiger partial charge in [0.1, 0.15) is 5.69 Å². The lowest BCUT2D eigenvalue weighted by atomic mass is 9.96. The van der Waals surface area contributed by atoms with Gasteiger partial charge in [-0.1, -0.05) is 41.0 Å². The van der Waals surface area contributed by atoms with Crippen LogP contribution in [0.25, 0.3) is 22.4 Å². The smallest absolute Gasteiger partial charge is 0.258 e. The van der Waals surface area contributed by atoms with E-state index in [1.807, 2.05) is 0 Å². The highest BCUT2D eigenvalue weighted by molar-refractivity contribution is 6.31. The molecule has 4 aromatic rings. The average Bonchev–Trinajstić information content (AvgIpc) is 3.17. The monoisotopic (exact) mass is 418 g/mol. The first-order valence-corrected chi connectivity index (χ1v) is 9.28. The third-order valence-corrected chi connectivity index (χ3v) is 4.66. The van der Waals surface area contributed by atoms with Gasteiger partial charge in [-0.2, -0.15) is 0 Å². The second-order valence-corrected chi connectivity index (χ2v) is 6.78. The highest BCUT2D eigenvalue weighted by atomic mass is 35.5. The molecule has 2 aromatic carbocycles. The van der Waals surface area contributed by atoms with Gasteiger partial charge in [-0.3, -0.25) is 19.9 Å². The molecule has 2 aromatic heterocycles. The quantitative estimate of drug-likeness (QED) is 0.498. The van der Waals surface area contributed by atoms with Crippen LogP contribution < -0.4 is 11.1 Å². The third-order valence-electron chi connectivity index (χ3n) is 4.42. The fourth-order valence-electron chi connectivity index (χ4n) is 3.05. The fraction of sp³-hybridized carbons (Fsp3) is 0. The SMILES string of the molecule is NC(=O)c1ccccc1-c1c(-c2ccncc2)noc1NC(=O)c1cccc(Cl)c1. The topological polar surface area (TPSA) is 111 Å². The molecule has 0 aliphatic carbocycles. The summed E-state index contributed by atoms with van der Waals surface area (Å²) >= 11 is 5.99. The van der Waals surface area contributed by atoms with Crippen molar-refractivity contribution in [3.63, 3.8) is 0 Å². The van der Waals surface area contributed by atoms with Crippen LogP contribution in [0.2, 0.25) is 5.02 Å². The van der Waals surface area contributed by atoms with E-state index in [2.05, 4.69) is 15.5 Å². The lowest BCUT2D eigenvalue weighted by Gasteiger charge is -2.09. The number of carbonyl (C=O) groups excluding carboxylic acids is 2. The number of hydrogen-bond acceptors (Lipinski definition) is 5. The number of rotatable bonds is 5. The second-order valence-electron chi connectivity index (χ2n) is 6.35. The minimum Gasteiger partial charge on any atom is -0.366 e. The predicted molar refractivity (Wildman–Crippen MR) is 113 cm³/mol. The number of nitrogens with zero attached hydrogens (tertiary/aromatic N) is 2. The molecule has 30 heavy (non-hydrogen) atoms. The lowest BCUT2D eigenvalue weighted by Crippen LogP contribution is -2.14. The first-order chi connectivity index (χ1) is 14.5. The van der Waals surface area contributed by atoms with Gasteiger partial charge in [0.25, 0.3) is 5.91 Å². The Labute approximate surface area is 176 Å². The number of hydrogen-bond donors (Lipinski definition) is 2. The van der Waals surface area contributed by atoms with Gasteiger partial charge in [-0.05, 0) is 36.4 Å². The highest BCUT2D eigenvalue weighted by Crippen LogP contribution is 2.39. The van der Waals surface area contributed by atoms with Crippen molar-refractivity contribution in [3.05, 3.63) is 89.2 Å². The van der Waals surface area contributed by atoms with E-state index in [0.29, 0.717) is 33.0 Å². The van der Waals surface area contributed by atoms with Gasteiger partial charge in [0, 0.05) is 39.7 Å². The van der Waals surface area contributed by atoms with Crippen molar-refractivity contribution >= 4 is 29.3 Å². The molecule has 148 valence electrons. The number of anilines is 1. The third kappa shape index (κ3) is 3.78. The molecule has 0 aliphatic heterocycles. The van der Waals surface area contributed by atoms with Crippen molar-refractivity contribution in [1.29, 1.82) is 0 Å². The normalized spacial score (nSPS) is 10.6. The van der Waals surface area contributed by atoms with E-state index in [1.54, 1.807) is 67.0 Å². The Kier molecular flexibility index (Phi) is 5.28. The molecule has 0 radical (unpaired) electrons. The summed E-state index contributed by atoms with van der Waals surface area (Å²) in [5.74, 6) is -0.965. The first-order valence-electron chi connectivity index (χ1n) is 8.91. The van der Waals surface area contributed by atoms with Crippen molar-refractivity contribution in [1.82, 2.24) is 10.1 Å². The van der Waals surface area contributed by atoms with Gasteiger partial charge in [-0.25, -0.2) is 0 Å². The zero-order valence-electron chi connectivity index (χ0n) is 15.5. The maximum atomic E-state index is 12.8. The van der Waals surface area contributed by atoms with E-state index in [9.17, 15) is 9.59 Å². The van der Waals surface area contributed by atoms with Crippen LogP contribution in [0, 0.1) is 0 Å². The van der Waals surface area contributed by atoms with Gasteiger partial charge >= 0.3 is 0 Å². The number of primary amides is 1. The second kappa shape index (κ2) is 8.18. The zero-order chi connectivity index (χ0) is 21.1. The van der Waals surface area contributed by atoms with Crippen LogP contribution in [0.4, 0.5) is 5.88 Å². The molecule has 0 bridgehead atoms. The molecule has 3 N–H and O–H groups in total. The molecule has 2 amide bonds. The molecule has 0 fully saturated rings. The Morgan fingerprint density at radius 2 is 1.77 bits per heavy atom. The van der Waals surface area contributed by atoms with Gasteiger partial charge in [0.15, 0.2) is 0 Å². The maximum Gasteiger partial charge on any atom is 0.258 e. The molecule has 0 saturated carbocycles. The maximum absolute atomic E-state index is 12.8. The van der Waals surface area contributed by atoms with Crippen LogP contribution in [-0.4, -0.2) is 22.0 Å². The molecule has 0 unspecified atom stereocenters. The molecule has 7 nitrogen and oxygen atoms in total. The summed E-state index contributed by atoms with van der Waals surface area (Å²) in [5, 5.41) is 7.27. The van der Waals surface area contributed by atoms with Crippen LogP contribution in [0.1, 0.15) is 20.7 Å². The average molecular weight is 419 g/mol. The molecule has 0 spiro atoms. The van der Waals surface area contributed by atoms with E-state index in [4.69, 9.17) is 21.9 Å².